The molecule has 4 nitrogen and oxygen atoms in total. The molecule has 1 fully saturated rings. The molecule has 2 N–H and O–H groups in total. The lowest BCUT2D eigenvalue weighted by Crippen LogP contribution is -2.48. The fourth-order valence-corrected chi connectivity index (χ4v) is 3.84. The van der Waals surface area contributed by atoms with E-state index in [9.17, 15) is 8.42 Å². The summed E-state index contributed by atoms with van der Waals surface area (Å²) in [5, 5.41) is 3.12. The van der Waals surface area contributed by atoms with Crippen LogP contribution < -0.4 is 10.0 Å². The van der Waals surface area contributed by atoms with Crippen LogP contribution in [0, 0.1) is 0 Å². The van der Waals surface area contributed by atoms with Gasteiger partial charge in [0, 0.05) is 12.1 Å². The van der Waals surface area contributed by atoms with Crippen LogP contribution in [0.15, 0.2) is 0 Å². The molecule has 0 atom stereocenters. The van der Waals surface area contributed by atoms with E-state index in [2.05, 4.69) is 17.0 Å². The molecule has 0 radical (unpaired) electrons. The highest BCUT2D eigenvalue weighted by atomic mass is 32.2. The van der Waals surface area contributed by atoms with Gasteiger partial charge in [0.1, 0.15) is 0 Å². The Morgan fingerprint density at radius 2 is 1.76 bits per heavy atom. The van der Waals surface area contributed by atoms with Gasteiger partial charge in [-0.2, -0.15) is 0 Å². The molecule has 0 bridgehead atoms. The van der Waals surface area contributed by atoms with E-state index in [1.165, 1.54) is 6.42 Å². The lowest BCUT2D eigenvalue weighted by Gasteiger charge is -2.34. The van der Waals surface area contributed by atoms with Crippen LogP contribution in [0.5, 0.6) is 0 Å². The van der Waals surface area contributed by atoms with Gasteiger partial charge in [-0.1, -0.05) is 26.2 Å². The monoisotopic (exact) mass is 262 g/mol. The van der Waals surface area contributed by atoms with Crippen molar-refractivity contribution in [3.63, 3.8) is 0 Å². The van der Waals surface area contributed by atoms with Gasteiger partial charge in [-0.05, 0) is 32.7 Å². The summed E-state index contributed by atoms with van der Waals surface area (Å²) < 4.78 is 26.7. The zero-order valence-electron chi connectivity index (χ0n) is 11.1. The molecule has 17 heavy (non-hydrogen) atoms. The summed E-state index contributed by atoms with van der Waals surface area (Å²) in [6, 6.07) is 0. The Bertz CT molecular complexity index is 308. The maximum atomic E-state index is 11.9. The van der Waals surface area contributed by atoms with Crippen LogP contribution in [0.3, 0.4) is 0 Å². The second kappa shape index (κ2) is 6.71. The van der Waals surface area contributed by atoms with Gasteiger partial charge in [0.2, 0.25) is 10.0 Å². The van der Waals surface area contributed by atoms with Crippen LogP contribution in [0.2, 0.25) is 0 Å². The zero-order valence-corrected chi connectivity index (χ0v) is 11.9. The molecule has 0 aromatic rings. The first-order valence-electron chi connectivity index (χ1n) is 6.70. The fraction of sp³-hybridized carbons (Fsp3) is 1.00. The first-order valence-corrected chi connectivity index (χ1v) is 8.35. The molecule has 1 aliphatic rings. The van der Waals surface area contributed by atoms with Gasteiger partial charge in [0.15, 0.2) is 0 Å². The Labute approximate surface area is 106 Å². The van der Waals surface area contributed by atoms with Gasteiger partial charge in [-0.15, -0.1) is 0 Å². The Hall–Kier alpha value is -0.130. The van der Waals surface area contributed by atoms with Gasteiger partial charge in [-0.3, -0.25) is 0 Å². The maximum Gasteiger partial charge on any atom is 0.213 e. The van der Waals surface area contributed by atoms with Gasteiger partial charge >= 0.3 is 0 Å². The van der Waals surface area contributed by atoms with Gasteiger partial charge in [0.05, 0.1) is 5.75 Å². The van der Waals surface area contributed by atoms with E-state index >= 15 is 0 Å². The molecular formula is C12H26N2O2S. The number of hydrogen-bond acceptors (Lipinski definition) is 3. The molecule has 0 unspecified atom stereocenters. The van der Waals surface area contributed by atoms with E-state index in [0.717, 1.165) is 38.6 Å². The first-order chi connectivity index (χ1) is 7.97. The van der Waals surface area contributed by atoms with Gasteiger partial charge in [-0.25, -0.2) is 13.1 Å². The predicted molar refractivity (Wildman–Crippen MR) is 71.6 cm³/mol. The van der Waals surface area contributed by atoms with E-state index in [0.29, 0.717) is 6.54 Å². The van der Waals surface area contributed by atoms with Crippen LogP contribution in [0.1, 0.15) is 52.4 Å². The lowest BCUT2D eigenvalue weighted by atomic mass is 9.84. The molecule has 1 rings (SSSR count). The molecule has 102 valence electrons. The third-order valence-electron chi connectivity index (χ3n) is 3.33. The smallest absolute Gasteiger partial charge is 0.213 e. The van der Waals surface area contributed by atoms with Crippen molar-refractivity contribution < 1.29 is 8.42 Å². The summed E-state index contributed by atoms with van der Waals surface area (Å²) in [4.78, 5) is 0. The van der Waals surface area contributed by atoms with Crippen molar-refractivity contribution >= 4 is 10.0 Å². The van der Waals surface area contributed by atoms with Crippen molar-refractivity contribution in [1.82, 2.24) is 10.0 Å². The lowest BCUT2D eigenvalue weighted by molar-refractivity contribution is 0.294. The molecule has 0 aromatic heterocycles. The van der Waals surface area contributed by atoms with Crippen LogP contribution in [-0.4, -0.2) is 32.8 Å². The van der Waals surface area contributed by atoms with Gasteiger partial charge in [0.25, 0.3) is 0 Å². The van der Waals surface area contributed by atoms with E-state index in [-0.39, 0.29) is 11.3 Å². The molecule has 0 heterocycles. The summed E-state index contributed by atoms with van der Waals surface area (Å²) >= 11 is 0. The van der Waals surface area contributed by atoms with E-state index in [1.54, 1.807) is 0 Å². The van der Waals surface area contributed by atoms with E-state index in [4.69, 9.17) is 0 Å². The van der Waals surface area contributed by atoms with Crippen LogP contribution in [0.4, 0.5) is 0 Å². The molecule has 0 aliphatic heterocycles. The third-order valence-corrected chi connectivity index (χ3v) is 4.88. The summed E-state index contributed by atoms with van der Waals surface area (Å²) in [6.45, 7) is 5.53. The van der Waals surface area contributed by atoms with Crippen LogP contribution in [-0.2, 0) is 10.0 Å². The maximum absolute atomic E-state index is 11.9. The molecule has 1 saturated carbocycles. The number of nitrogens with one attached hydrogen (secondary N) is 2. The van der Waals surface area contributed by atoms with Gasteiger partial charge < -0.3 is 5.32 Å². The molecular weight excluding hydrogens is 236 g/mol. The van der Waals surface area contributed by atoms with Crippen LogP contribution >= 0.6 is 0 Å². The first kappa shape index (κ1) is 14.9. The fourth-order valence-electron chi connectivity index (χ4n) is 2.37. The van der Waals surface area contributed by atoms with Crippen molar-refractivity contribution in [3.8, 4) is 0 Å². The average molecular weight is 262 g/mol. The molecule has 0 spiro atoms. The SMILES string of the molecule is CCCNCCS(=O)(=O)NC1(C)CCCCC1. The van der Waals surface area contributed by atoms with E-state index < -0.39 is 10.0 Å². The summed E-state index contributed by atoms with van der Waals surface area (Å²) in [6.07, 6.45) is 6.46. The molecule has 1 aliphatic carbocycles. The summed E-state index contributed by atoms with van der Waals surface area (Å²) in [7, 11) is -3.13. The molecule has 5 heteroatoms. The van der Waals surface area contributed by atoms with E-state index in [1.807, 2.05) is 6.92 Å². The average Bonchev–Trinajstić information content (AvgIpc) is 2.24. The Kier molecular flexibility index (Phi) is 5.89. The minimum Gasteiger partial charge on any atom is -0.316 e. The van der Waals surface area contributed by atoms with Crippen molar-refractivity contribution in [3.05, 3.63) is 0 Å². The summed E-state index contributed by atoms with van der Waals surface area (Å²) in [5.41, 5.74) is -0.207. The third kappa shape index (κ3) is 5.84. The molecule has 0 amide bonds. The topological polar surface area (TPSA) is 58.2 Å². The largest absolute Gasteiger partial charge is 0.316 e. The highest BCUT2D eigenvalue weighted by Gasteiger charge is 2.30. The van der Waals surface area contributed by atoms with Crippen molar-refractivity contribution in [1.29, 1.82) is 0 Å². The Morgan fingerprint density at radius 1 is 1.12 bits per heavy atom. The molecule has 0 saturated heterocycles. The minimum absolute atomic E-state index is 0.183. The van der Waals surface area contributed by atoms with Crippen molar-refractivity contribution in [2.24, 2.45) is 0 Å². The number of sulfonamides is 1. The molecule has 0 aromatic carbocycles. The van der Waals surface area contributed by atoms with Crippen molar-refractivity contribution in [2.75, 3.05) is 18.8 Å². The number of rotatable bonds is 7. The van der Waals surface area contributed by atoms with Crippen molar-refractivity contribution in [2.45, 2.75) is 57.9 Å². The summed E-state index contributed by atoms with van der Waals surface area (Å²) in [5.74, 6) is 0.183. The Balaban J connectivity index is 2.37. The highest BCUT2D eigenvalue weighted by molar-refractivity contribution is 7.89. The highest BCUT2D eigenvalue weighted by Crippen LogP contribution is 2.28. The second-order valence-corrected chi connectivity index (χ2v) is 7.13. The number of hydrogen-bond donors (Lipinski definition) is 2. The standard InChI is InChI=1S/C12H26N2O2S/c1-3-9-13-10-11-17(15,16)14-12(2)7-5-4-6-8-12/h13-14H,3-11H2,1-2H3. The normalized spacial score (nSPS) is 20.4. The predicted octanol–water partition coefficient (Wildman–Crippen LogP) is 1.63. The van der Waals surface area contributed by atoms with Crippen LogP contribution in [0.25, 0.3) is 0 Å². The second-order valence-electron chi connectivity index (χ2n) is 5.29. The zero-order chi connectivity index (χ0) is 12.8. The quantitative estimate of drug-likeness (QED) is 0.686. The minimum atomic E-state index is -3.13. The Morgan fingerprint density at radius 3 is 2.35 bits per heavy atom.